The maximum Gasteiger partial charge on any atom is 0.264 e. The van der Waals surface area contributed by atoms with Gasteiger partial charge in [0.2, 0.25) is 0 Å². The fourth-order valence-electron chi connectivity index (χ4n) is 2.78. The molecule has 1 amide bonds. The number of ether oxygens (including phenoxy) is 1. The Kier molecular flexibility index (Phi) is 9.96. The highest BCUT2D eigenvalue weighted by atomic mass is 32.2. The van der Waals surface area contributed by atoms with E-state index < -0.39 is 0 Å². The fourth-order valence-corrected chi connectivity index (χ4v) is 4.67. The van der Waals surface area contributed by atoms with Crippen molar-refractivity contribution in [2.24, 2.45) is 0 Å². The van der Waals surface area contributed by atoms with Crippen LogP contribution < -0.4 is 0 Å². The number of thiophene rings is 1. The molecule has 6 heteroatoms. The van der Waals surface area contributed by atoms with Crippen LogP contribution in [0, 0.1) is 6.92 Å². The molecule has 2 fully saturated rings. The molecule has 0 unspecified atom stereocenters. The minimum Gasteiger partial charge on any atom is -0.379 e. The Bertz CT molecular complexity index is 493. The number of hydrogen-bond acceptors (Lipinski definition) is 5. The third-order valence-electron chi connectivity index (χ3n) is 3.92. The van der Waals surface area contributed by atoms with Crippen molar-refractivity contribution in [2.45, 2.75) is 34.7 Å². The largest absolute Gasteiger partial charge is 0.379 e. The lowest BCUT2D eigenvalue weighted by atomic mass is 10.2. The molecule has 2 aliphatic rings. The number of hydrogen-bond donors (Lipinski definition) is 0. The number of morpholine rings is 1. The van der Waals surface area contributed by atoms with Crippen molar-refractivity contribution in [2.75, 3.05) is 50.9 Å². The Hall–Kier alpha value is -0.560. The SMILES string of the molecule is C.CC.Cc1cc(CN2CCOCC2)c(C(=O)N2CCSCC2)s1. The maximum atomic E-state index is 12.8. The van der Waals surface area contributed by atoms with Gasteiger partial charge in [0, 0.05) is 49.1 Å². The second-order valence-corrected chi connectivity index (χ2v) is 7.99. The third-order valence-corrected chi connectivity index (χ3v) is 5.95. The Balaban J connectivity index is 0.000000925. The lowest BCUT2D eigenvalue weighted by molar-refractivity contribution is 0.0340. The van der Waals surface area contributed by atoms with Crippen molar-refractivity contribution in [3.05, 3.63) is 21.4 Å². The molecule has 1 aromatic rings. The summed E-state index contributed by atoms with van der Waals surface area (Å²) in [5.74, 6) is 2.36. The Labute approximate surface area is 155 Å². The van der Waals surface area contributed by atoms with Crippen LogP contribution in [0.5, 0.6) is 0 Å². The monoisotopic (exact) mass is 372 g/mol. The molecule has 3 rings (SSSR count). The molecule has 4 nitrogen and oxygen atoms in total. The van der Waals surface area contributed by atoms with Gasteiger partial charge in [-0.2, -0.15) is 11.8 Å². The molecule has 1 aromatic heterocycles. The third kappa shape index (κ3) is 5.76. The highest BCUT2D eigenvalue weighted by Gasteiger charge is 2.24. The standard InChI is InChI=1S/C15H22N2O2S2.C2H6.CH4/c1-12-10-13(11-16-2-6-19-7-3-16)14(21-12)15(18)17-4-8-20-9-5-17;1-2;/h10H,2-9,11H2,1H3;1-2H3;1H4. The summed E-state index contributed by atoms with van der Waals surface area (Å²) in [4.78, 5) is 19.3. The molecule has 0 spiro atoms. The first-order valence-electron chi connectivity index (χ1n) is 8.50. The molecule has 0 aromatic carbocycles. The average Bonchev–Trinajstić information content (AvgIpc) is 2.98. The summed E-state index contributed by atoms with van der Waals surface area (Å²) >= 11 is 3.59. The van der Waals surface area contributed by atoms with E-state index in [0.29, 0.717) is 0 Å². The molecule has 0 N–H and O–H groups in total. The number of nitrogens with zero attached hydrogens (tertiary/aromatic N) is 2. The number of carbonyl (C=O) groups is 1. The molecule has 0 radical (unpaired) electrons. The van der Waals surface area contributed by atoms with Crippen molar-refractivity contribution in [1.82, 2.24) is 9.80 Å². The molecule has 0 atom stereocenters. The van der Waals surface area contributed by atoms with E-state index in [1.807, 2.05) is 30.5 Å². The zero-order valence-electron chi connectivity index (χ0n) is 14.5. The van der Waals surface area contributed by atoms with Gasteiger partial charge in [0.1, 0.15) is 0 Å². The van der Waals surface area contributed by atoms with Gasteiger partial charge in [-0.1, -0.05) is 21.3 Å². The van der Waals surface area contributed by atoms with Crippen molar-refractivity contribution in [3.63, 3.8) is 0 Å². The smallest absolute Gasteiger partial charge is 0.264 e. The lowest BCUT2D eigenvalue weighted by Gasteiger charge is -2.28. The summed E-state index contributed by atoms with van der Waals surface area (Å²) in [6.07, 6.45) is 0. The molecule has 3 heterocycles. The summed E-state index contributed by atoms with van der Waals surface area (Å²) in [6.45, 7) is 12.3. The van der Waals surface area contributed by atoms with Crippen LogP contribution in [0.3, 0.4) is 0 Å². The average molecular weight is 373 g/mol. The van der Waals surface area contributed by atoms with Gasteiger partial charge in [-0.25, -0.2) is 0 Å². The van der Waals surface area contributed by atoms with E-state index in [1.54, 1.807) is 11.3 Å². The summed E-state index contributed by atoms with van der Waals surface area (Å²) in [5, 5.41) is 0. The topological polar surface area (TPSA) is 32.8 Å². The number of amides is 1. The van der Waals surface area contributed by atoms with Crippen molar-refractivity contribution in [3.8, 4) is 0 Å². The Morgan fingerprint density at radius 3 is 2.42 bits per heavy atom. The minimum absolute atomic E-state index is 0. The number of rotatable bonds is 3. The minimum atomic E-state index is 0. The van der Waals surface area contributed by atoms with Crippen LogP contribution >= 0.6 is 23.1 Å². The number of carbonyl (C=O) groups excluding carboxylic acids is 1. The first-order chi connectivity index (χ1) is 11.2. The number of thioether (sulfide) groups is 1. The first-order valence-corrected chi connectivity index (χ1v) is 10.5. The summed E-state index contributed by atoms with van der Waals surface area (Å²) in [7, 11) is 0. The van der Waals surface area contributed by atoms with Crippen LogP contribution in [-0.4, -0.2) is 66.6 Å². The van der Waals surface area contributed by atoms with Gasteiger partial charge in [-0.3, -0.25) is 9.69 Å². The summed E-state index contributed by atoms with van der Waals surface area (Å²) in [6, 6.07) is 2.19. The number of aryl methyl sites for hydroxylation is 1. The fraction of sp³-hybridized carbons (Fsp3) is 0.722. The van der Waals surface area contributed by atoms with E-state index in [0.717, 1.165) is 62.3 Å². The Morgan fingerprint density at radius 1 is 1.17 bits per heavy atom. The predicted octanol–water partition coefficient (Wildman–Crippen LogP) is 3.74. The van der Waals surface area contributed by atoms with Gasteiger partial charge in [0.25, 0.3) is 5.91 Å². The highest BCUT2D eigenvalue weighted by Crippen LogP contribution is 2.26. The van der Waals surface area contributed by atoms with Crippen LogP contribution in [0.4, 0.5) is 0 Å². The van der Waals surface area contributed by atoms with E-state index in [4.69, 9.17) is 4.74 Å². The molecule has 2 saturated heterocycles. The van der Waals surface area contributed by atoms with Gasteiger partial charge >= 0.3 is 0 Å². The molecular formula is C18H32N2O2S2. The maximum absolute atomic E-state index is 12.8. The molecule has 2 aliphatic heterocycles. The van der Waals surface area contributed by atoms with E-state index in [2.05, 4.69) is 17.9 Å². The summed E-state index contributed by atoms with van der Waals surface area (Å²) in [5.41, 5.74) is 1.20. The van der Waals surface area contributed by atoms with E-state index in [1.165, 1.54) is 10.4 Å². The normalized spacial score (nSPS) is 18.4. The lowest BCUT2D eigenvalue weighted by Crippen LogP contribution is -2.39. The Morgan fingerprint density at radius 2 is 1.79 bits per heavy atom. The molecular weight excluding hydrogens is 340 g/mol. The van der Waals surface area contributed by atoms with Crippen LogP contribution in [-0.2, 0) is 11.3 Å². The second-order valence-electron chi connectivity index (χ2n) is 5.50. The van der Waals surface area contributed by atoms with Gasteiger partial charge in [0.05, 0.1) is 18.1 Å². The van der Waals surface area contributed by atoms with E-state index >= 15 is 0 Å². The quantitative estimate of drug-likeness (QED) is 0.809. The van der Waals surface area contributed by atoms with Gasteiger partial charge in [0.15, 0.2) is 0 Å². The highest BCUT2D eigenvalue weighted by molar-refractivity contribution is 7.99. The van der Waals surface area contributed by atoms with Gasteiger partial charge < -0.3 is 9.64 Å². The first kappa shape index (κ1) is 21.5. The predicted molar refractivity (Wildman–Crippen MR) is 106 cm³/mol. The van der Waals surface area contributed by atoms with Crippen LogP contribution in [0.15, 0.2) is 6.07 Å². The molecule has 0 saturated carbocycles. The van der Waals surface area contributed by atoms with Crippen molar-refractivity contribution >= 4 is 29.0 Å². The molecule has 138 valence electrons. The summed E-state index contributed by atoms with van der Waals surface area (Å²) < 4.78 is 5.40. The van der Waals surface area contributed by atoms with Gasteiger partial charge in [-0.05, 0) is 18.6 Å². The molecule has 0 bridgehead atoms. The van der Waals surface area contributed by atoms with Crippen LogP contribution in [0.1, 0.15) is 41.4 Å². The van der Waals surface area contributed by atoms with E-state index in [-0.39, 0.29) is 13.3 Å². The molecule has 24 heavy (non-hydrogen) atoms. The second kappa shape index (κ2) is 11.1. The zero-order valence-corrected chi connectivity index (χ0v) is 16.1. The van der Waals surface area contributed by atoms with Crippen molar-refractivity contribution < 1.29 is 9.53 Å². The van der Waals surface area contributed by atoms with E-state index in [9.17, 15) is 4.79 Å². The van der Waals surface area contributed by atoms with Crippen molar-refractivity contribution in [1.29, 1.82) is 0 Å². The molecule has 0 aliphatic carbocycles. The van der Waals surface area contributed by atoms with Gasteiger partial charge in [-0.15, -0.1) is 11.3 Å². The van der Waals surface area contributed by atoms with Crippen LogP contribution in [0.2, 0.25) is 0 Å². The van der Waals surface area contributed by atoms with Crippen LogP contribution in [0.25, 0.3) is 0 Å². The zero-order chi connectivity index (χ0) is 16.7.